The molecule has 4 rings (SSSR count). The van der Waals surface area contributed by atoms with E-state index >= 15 is 0 Å². The Morgan fingerprint density at radius 1 is 1.15 bits per heavy atom. The first-order chi connectivity index (χ1) is 12.6. The van der Waals surface area contributed by atoms with Crippen molar-refractivity contribution in [2.24, 2.45) is 0 Å². The van der Waals surface area contributed by atoms with Gasteiger partial charge in [0.25, 0.3) is 5.91 Å². The minimum atomic E-state index is -0.0170. The van der Waals surface area contributed by atoms with E-state index < -0.39 is 0 Å². The van der Waals surface area contributed by atoms with Crippen LogP contribution in [0.15, 0.2) is 5.38 Å². The van der Waals surface area contributed by atoms with E-state index in [1.807, 2.05) is 19.4 Å². The van der Waals surface area contributed by atoms with Gasteiger partial charge in [-0.25, -0.2) is 15.0 Å². The van der Waals surface area contributed by atoms with E-state index in [0.29, 0.717) is 12.2 Å². The molecule has 1 aliphatic heterocycles. The lowest BCUT2D eigenvalue weighted by atomic mass is 9.94. The number of hydrogen-bond acceptors (Lipinski definition) is 6. The molecule has 7 heteroatoms. The average molecular weight is 372 g/mol. The fraction of sp³-hybridized carbons (Fsp3) is 0.579. The van der Waals surface area contributed by atoms with Gasteiger partial charge in [0.1, 0.15) is 5.69 Å². The van der Waals surface area contributed by atoms with Crippen molar-refractivity contribution in [3.8, 4) is 0 Å². The molecule has 2 aromatic rings. The van der Waals surface area contributed by atoms with E-state index in [0.717, 1.165) is 66.7 Å². The molecule has 0 atom stereocenters. The van der Waals surface area contributed by atoms with E-state index in [1.165, 1.54) is 12.8 Å². The van der Waals surface area contributed by atoms with Gasteiger partial charge in [-0.2, -0.15) is 0 Å². The van der Waals surface area contributed by atoms with Gasteiger partial charge < -0.3 is 9.80 Å². The highest BCUT2D eigenvalue weighted by Gasteiger charge is 2.27. The molecule has 2 aromatic heterocycles. The molecule has 0 N–H and O–H groups in total. The Morgan fingerprint density at radius 3 is 2.65 bits per heavy atom. The number of thiazole rings is 1. The Kier molecular flexibility index (Phi) is 4.89. The summed E-state index contributed by atoms with van der Waals surface area (Å²) in [5.41, 5.74) is 3.68. The zero-order valence-electron chi connectivity index (χ0n) is 15.5. The molecule has 138 valence electrons. The van der Waals surface area contributed by atoms with Crippen molar-refractivity contribution < 1.29 is 4.79 Å². The molecule has 1 fully saturated rings. The van der Waals surface area contributed by atoms with Crippen molar-refractivity contribution in [1.29, 1.82) is 0 Å². The summed E-state index contributed by atoms with van der Waals surface area (Å²) in [6, 6.07) is 0. The van der Waals surface area contributed by atoms with Crippen molar-refractivity contribution in [1.82, 2.24) is 19.9 Å². The van der Waals surface area contributed by atoms with Crippen molar-refractivity contribution in [3.05, 3.63) is 33.0 Å². The van der Waals surface area contributed by atoms with Crippen molar-refractivity contribution in [3.63, 3.8) is 0 Å². The Bertz CT molecular complexity index is 812. The first kappa shape index (κ1) is 17.4. The second-order valence-electron chi connectivity index (χ2n) is 7.22. The summed E-state index contributed by atoms with van der Waals surface area (Å²) in [5.74, 6) is 0.723. The fourth-order valence-electron chi connectivity index (χ4n) is 3.79. The van der Waals surface area contributed by atoms with E-state index in [2.05, 4.69) is 9.88 Å². The molecule has 26 heavy (non-hydrogen) atoms. The van der Waals surface area contributed by atoms with E-state index in [-0.39, 0.29) is 5.91 Å². The highest BCUT2D eigenvalue weighted by molar-refractivity contribution is 7.09. The molecule has 1 amide bonds. The predicted octanol–water partition coefficient (Wildman–Crippen LogP) is 2.99. The van der Waals surface area contributed by atoms with Gasteiger partial charge in [0.2, 0.25) is 5.95 Å². The maximum Gasteiger partial charge on any atom is 0.273 e. The number of aryl methyl sites for hydroxylation is 2. The first-order valence-electron chi connectivity index (χ1n) is 9.43. The highest BCUT2D eigenvalue weighted by atomic mass is 32.1. The highest BCUT2D eigenvalue weighted by Crippen LogP contribution is 2.27. The van der Waals surface area contributed by atoms with Gasteiger partial charge in [-0.05, 0) is 45.4 Å². The van der Waals surface area contributed by atoms with Crippen LogP contribution in [0.2, 0.25) is 0 Å². The van der Waals surface area contributed by atoms with Crippen molar-refractivity contribution in [2.75, 3.05) is 25.0 Å². The summed E-state index contributed by atoms with van der Waals surface area (Å²) in [4.78, 5) is 31.2. The maximum absolute atomic E-state index is 13.2. The van der Waals surface area contributed by atoms with Crippen molar-refractivity contribution in [2.45, 2.75) is 52.0 Å². The van der Waals surface area contributed by atoms with Crippen LogP contribution in [0, 0.1) is 6.92 Å². The number of hydrogen-bond donors (Lipinski definition) is 0. The first-order valence-corrected chi connectivity index (χ1v) is 10.3. The molecule has 0 spiro atoms. The number of aromatic nitrogens is 3. The number of rotatable bonds is 4. The Morgan fingerprint density at radius 2 is 1.92 bits per heavy atom. The molecule has 3 heterocycles. The predicted molar refractivity (Wildman–Crippen MR) is 103 cm³/mol. The number of fused-ring (bicyclic) bond motifs is 1. The lowest BCUT2D eigenvalue weighted by molar-refractivity contribution is 0.0776. The Labute approximate surface area is 158 Å². The third kappa shape index (κ3) is 3.45. The molecule has 0 bridgehead atoms. The van der Waals surface area contributed by atoms with Gasteiger partial charge in [-0.15, -0.1) is 11.3 Å². The van der Waals surface area contributed by atoms with Crippen LogP contribution in [0.1, 0.15) is 58.1 Å². The zero-order chi connectivity index (χ0) is 18.1. The van der Waals surface area contributed by atoms with Gasteiger partial charge >= 0.3 is 0 Å². The van der Waals surface area contributed by atoms with Gasteiger partial charge in [0.05, 0.1) is 17.2 Å². The van der Waals surface area contributed by atoms with Crippen LogP contribution < -0.4 is 4.90 Å². The average Bonchev–Trinajstić information content (AvgIpc) is 3.32. The zero-order valence-corrected chi connectivity index (χ0v) is 16.3. The van der Waals surface area contributed by atoms with Crippen LogP contribution in [-0.2, 0) is 19.4 Å². The minimum Gasteiger partial charge on any atom is -0.341 e. The Balaban J connectivity index is 1.64. The molecule has 6 nitrogen and oxygen atoms in total. The molecule has 0 unspecified atom stereocenters. The lowest BCUT2D eigenvalue weighted by Gasteiger charge is -2.24. The summed E-state index contributed by atoms with van der Waals surface area (Å²) < 4.78 is 0. The molecule has 1 saturated heterocycles. The number of anilines is 1. The molecular weight excluding hydrogens is 346 g/mol. The molecular formula is C19H25N5OS. The summed E-state index contributed by atoms with van der Waals surface area (Å²) in [7, 11) is 1.84. The molecule has 1 aliphatic carbocycles. The van der Waals surface area contributed by atoms with Crippen molar-refractivity contribution >= 4 is 23.2 Å². The smallest absolute Gasteiger partial charge is 0.273 e. The van der Waals surface area contributed by atoms with Crippen LogP contribution in [0.5, 0.6) is 0 Å². The van der Waals surface area contributed by atoms with Gasteiger partial charge in [-0.1, -0.05) is 0 Å². The molecule has 0 aromatic carbocycles. The van der Waals surface area contributed by atoms with Crippen LogP contribution in [-0.4, -0.2) is 45.9 Å². The van der Waals surface area contributed by atoms with Gasteiger partial charge in [0, 0.05) is 36.8 Å². The normalized spacial score (nSPS) is 16.6. The summed E-state index contributed by atoms with van der Waals surface area (Å²) in [6.45, 7) is 4.47. The SMILES string of the molecule is Cc1nc(CN(C)C(=O)c2nc(N3CCCC3)nc3c2CCCC3)cs1. The number of nitrogens with zero attached hydrogens (tertiary/aromatic N) is 5. The van der Waals surface area contributed by atoms with E-state index in [4.69, 9.17) is 9.97 Å². The van der Waals surface area contributed by atoms with Gasteiger partial charge in [0.15, 0.2) is 0 Å². The minimum absolute atomic E-state index is 0.0170. The largest absolute Gasteiger partial charge is 0.341 e. The number of amides is 1. The monoisotopic (exact) mass is 371 g/mol. The summed E-state index contributed by atoms with van der Waals surface area (Å²) in [5, 5.41) is 3.04. The lowest BCUT2D eigenvalue weighted by Crippen LogP contribution is -2.31. The third-order valence-electron chi connectivity index (χ3n) is 5.18. The molecule has 2 aliphatic rings. The summed E-state index contributed by atoms with van der Waals surface area (Å²) in [6.07, 6.45) is 6.45. The second kappa shape index (κ2) is 7.31. The third-order valence-corrected chi connectivity index (χ3v) is 6.00. The van der Waals surface area contributed by atoms with Crippen LogP contribution in [0.4, 0.5) is 5.95 Å². The molecule has 0 radical (unpaired) electrons. The fourth-order valence-corrected chi connectivity index (χ4v) is 4.40. The standard InChI is InChI=1S/C19H25N5OS/c1-13-20-14(12-26-13)11-23(2)18(25)17-15-7-3-4-8-16(15)21-19(22-17)24-9-5-6-10-24/h12H,3-11H2,1-2H3. The number of carbonyl (C=O) groups is 1. The van der Waals surface area contributed by atoms with Gasteiger partial charge in [-0.3, -0.25) is 4.79 Å². The van der Waals surface area contributed by atoms with E-state index in [1.54, 1.807) is 16.2 Å². The van der Waals surface area contributed by atoms with Crippen LogP contribution in [0.3, 0.4) is 0 Å². The quantitative estimate of drug-likeness (QED) is 0.827. The Hall–Kier alpha value is -2.02. The maximum atomic E-state index is 13.2. The van der Waals surface area contributed by atoms with Crippen LogP contribution in [0.25, 0.3) is 0 Å². The topological polar surface area (TPSA) is 62.2 Å². The summed E-state index contributed by atoms with van der Waals surface area (Å²) >= 11 is 1.61. The second-order valence-corrected chi connectivity index (χ2v) is 8.28. The number of carbonyl (C=O) groups excluding carboxylic acids is 1. The van der Waals surface area contributed by atoms with Crippen LogP contribution >= 0.6 is 11.3 Å². The molecule has 0 saturated carbocycles. The van der Waals surface area contributed by atoms with E-state index in [9.17, 15) is 4.79 Å².